The van der Waals surface area contributed by atoms with Crippen LogP contribution in [0.25, 0.3) is 17.2 Å². The van der Waals surface area contributed by atoms with Crippen LogP contribution in [0, 0.1) is 0 Å². The molecule has 0 fully saturated rings. The van der Waals surface area contributed by atoms with E-state index in [-0.39, 0.29) is 11.5 Å². The van der Waals surface area contributed by atoms with Crippen molar-refractivity contribution in [3.63, 3.8) is 0 Å². The second-order valence-corrected chi connectivity index (χ2v) is 4.71. The molecule has 110 valence electrons. The van der Waals surface area contributed by atoms with Gasteiger partial charge < -0.3 is 10.2 Å². The van der Waals surface area contributed by atoms with Crippen LogP contribution in [0.3, 0.4) is 0 Å². The third kappa shape index (κ3) is 4.53. The Morgan fingerprint density at radius 3 is 1.32 bits per heavy atom. The van der Waals surface area contributed by atoms with Gasteiger partial charge in [-0.15, -0.1) is 0 Å². The van der Waals surface area contributed by atoms with Crippen molar-refractivity contribution in [2.45, 2.75) is 0 Å². The van der Waals surface area contributed by atoms with Gasteiger partial charge >= 0.3 is 0 Å². The summed E-state index contributed by atoms with van der Waals surface area (Å²) in [5.41, 5.74) is 3.21. The standard InChI is InChI=1S/C12H10O2.C8H8/c13-11-5-1-9(2-6-11)10-3-7-12(14)8-4-10;1-2-8-6-4-3-5-7-8/h1-8,13-14H;2-7H,1H2. The Morgan fingerprint density at radius 1 is 0.591 bits per heavy atom. The topological polar surface area (TPSA) is 40.5 Å². The van der Waals surface area contributed by atoms with Crippen LogP contribution in [0.5, 0.6) is 11.5 Å². The van der Waals surface area contributed by atoms with Crippen LogP contribution in [0.2, 0.25) is 0 Å². The first kappa shape index (κ1) is 15.4. The summed E-state index contributed by atoms with van der Waals surface area (Å²) >= 11 is 0. The maximum absolute atomic E-state index is 9.11. The van der Waals surface area contributed by atoms with Gasteiger partial charge in [-0.2, -0.15) is 0 Å². The lowest BCUT2D eigenvalue weighted by Gasteiger charge is -2.01. The first-order valence-electron chi connectivity index (χ1n) is 6.95. The summed E-state index contributed by atoms with van der Waals surface area (Å²) in [6, 6.07) is 23.9. The number of hydrogen-bond donors (Lipinski definition) is 2. The molecule has 0 saturated carbocycles. The SMILES string of the molecule is C=Cc1ccccc1.Oc1ccc(-c2ccc(O)cc2)cc1. The van der Waals surface area contributed by atoms with E-state index in [0.717, 1.165) is 11.1 Å². The van der Waals surface area contributed by atoms with Crippen LogP contribution < -0.4 is 0 Å². The number of hydrogen-bond acceptors (Lipinski definition) is 2. The molecule has 2 heteroatoms. The Hall–Kier alpha value is -3.00. The molecule has 0 aromatic heterocycles. The van der Waals surface area contributed by atoms with Crippen LogP contribution in [0.15, 0.2) is 85.4 Å². The first-order valence-corrected chi connectivity index (χ1v) is 6.95. The predicted molar refractivity (Wildman–Crippen MR) is 91.7 cm³/mol. The van der Waals surface area contributed by atoms with Gasteiger partial charge in [0.2, 0.25) is 0 Å². The molecule has 0 aliphatic carbocycles. The summed E-state index contributed by atoms with van der Waals surface area (Å²) in [6.07, 6.45) is 1.83. The van der Waals surface area contributed by atoms with E-state index >= 15 is 0 Å². The van der Waals surface area contributed by atoms with Gasteiger partial charge in [0.15, 0.2) is 0 Å². The van der Waals surface area contributed by atoms with Crippen molar-refractivity contribution in [2.75, 3.05) is 0 Å². The third-order valence-electron chi connectivity index (χ3n) is 3.10. The Morgan fingerprint density at radius 2 is 1.00 bits per heavy atom. The van der Waals surface area contributed by atoms with Crippen molar-refractivity contribution >= 4 is 6.08 Å². The van der Waals surface area contributed by atoms with E-state index < -0.39 is 0 Å². The average molecular weight is 290 g/mol. The molecule has 22 heavy (non-hydrogen) atoms. The highest BCUT2D eigenvalue weighted by molar-refractivity contribution is 5.64. The number of phenols is 2. The minimum absolute atomic E-state index is 0.257. The highest BCUT2D eigenvalue weighted by Crippen LogP contribution is 2.23. The minimum Gasteiger partial charge on any atom is -0.508 e. The fraction of sp³-hybridized carbons (Fsp3) is 0. The van der Waals surface area contributed by atoms with E-state index in [1.165, 1.54) is 5.56 Å². The monoisotopic (exact) mass is 290 g/mol. The predicted octanol–water partition coefficient (Wildman–Crippen LogP) is 5.09. The van der Waals surface area contributed by atoms with Crippen molar-refractivity contribution in [1.29, 1.82) is 0 Å². The lowest BCUT2D eigenvalue weighted by atomic mass is 10.1. The molecule has 0 spiro atoms. The van der Waals surface area contributed by atoms with Gasteiger partial charge in [0.25, 0.3) is 0 Å². The Kier molecular flexibility index (Phi) is 5.38. The molecule has 0 radical (unpaired) electrons. The van der Waals surface area contributed by atoms with Gasteiger partial charge in [0, 0.05) is 0 Å². The van der Waals surface area contributed by atoms with Crippen molar-refractivity contribution in [1.82, 2.24) is 0 Å². The second kappa shape index (κ2) is 7.70. The summed E-state index contributed by atoms with van der Waals surface area (Å²) in [6.45, 7) is 3.63. The summed E-state index contributed by atoms with van der Waals surface area (Å²) in [4.78, 5) is 0. The van der Waals surface area contributed by atoms with Crippen molar-refractivity contribution in [3.8, 4) is 22.6 Å². The molecule has 0 amide bonds. The van der Waals surface area contributed by atoms with Gasteiger partial charge in [0.1, 0.15) is 11.5 Å². The highest BCUT2D eigenvalue weighted by atomic mass is 16.3. The van der Waals surface area contributed by atoms with E-state index in [2.05, 4.69) is 6.58 Å². The van der Waals surface area contributed by atoms with E-state index in [4.69, 9.17) is 10.2 Å². The van der Waals surface area contributed by atoms with Crippen LogP contribution in [0.4, 0.5) is 0 Å². The first-order chi connectivity index (χ1) is 10.7. The Bertz CT molecular complexity index is 655. The molecule has 3 aromatic carbocycles. The summed E-state index contributed by atoms with van der Waals surface area (Å²) in [5.74, 6) is 0.514. The smallest absolute Gasteiger partial charge is 0.115 e. The van der Waals surface area contributed by atoms with E-state index in [0.29, 0.717) is 0 Å². The Labute approximate surface area is 130 Å². The third-order valence-corrected chi connectivity index (χ3v) is 3.10. The zero-order chi connectivity index (χ0) is 15.8. The second-order valence-electron chi connectivity index (χ2n) is 4.71. The van der Waals surface area contributed by atoms with E-state index in [1.54, 1.807) is 24.3 Å². The van der Waals surface area contributed by atoms with Gasteiger partial charge in [-0.3, -0.25) is 0 Å². The number of aromatic hydroxyl groups is 2. The molecule has 3 rings (SSSR count). The maximum atomic E-state index is 9.11. The molecule has 0 saturated heterocycles. The zero-order valence-electron chi connectivity index (χ0n) is 12.2. The van der Waals surface area contributed by atoms with Gasteiger partial charge in [-0.25, -0.2) is 0 Å². The Balaban J connectivity index is 0.000000188. The number of rotatable bonds is 2. The zero-order valence-corrected chi connectivity index (χ0v) is 12.2. The maximum Gasteiger partial charge on any atom is 0.115 e. The molecule has 0 aliphatic heterocycles. The summed E-state index contributed by atoms with van der Waals surface area (Å²) in [5, 5.41) is 18.2. The molecule has 0 atom stereocenters. The quantitative estimate of drug-likeness (QED) is 0.689. The fourth-order valence-electron chi connectivity index (χ4n) is 1.90. The van der Waals surface area contributed by atoms with Gasteiger partial charge in [-0.1, -0.05) is 67.3 Å². The lowest BCUT2D eigenvalue weighted by Crippen LogP contribution is -1.75. The van der Waals surface area contributed by atoms with Crippen molar-refractivity contribution in [2.24, 2.45) is 0 Å². The molecular weight excluding hydrogens is 272 g/mol. The number of phenolic OH excluding ortho intramolecular Hbond substituents is 2. The molecular formula is C20H18O2. The van der Waals surface area contributed by atoms with E-state index in [9.17, 15) is 0 Å². The average Bonchev–Trinajstić information content (AvgIpc) is 2.58. The van der Waals surface area contributed by atoms with Crippen LogP contribution in [-0.2, 0) is 0 Å². The fourth-order valence-corrected chi connectivity index (χ4v) is 1.90. The van der Waals surface area contributed by atoms with Crippen molar-refractivity contribution < 1.29 is 10.2 Å². The molecule has 2 nitrogen and oxygen atoms in total. The van der Waals surface area contributed by atoms with Gasteiger partial charge in [0.05, 0.1) is 0 Å². The number of benzene rings is 3. The minimum atomic E-state index is 0.257. The van der Waals surface area contributed by atoms with Crippen LogP contribution >= 0.6 is 0 Å². The van der Waals surface area contributed by atoms with Crippen LogP contribution in [-0.4, -0.2) is 10.2 Å². The van der Waals surface area contributed by atoms with Gasteiger partial charge in [-0.05, 0) is 41.0 Å². The molecule has 2 N–H and O–H groups in total. The summed E-state index contributed by atoms with van der Waals surface area (Å²) < 4.78 is 0. The summed E-state index contributed by atoms with van der Waals surface area (Å²) in [7, 11) is 0. The highest BCUT2D eigenvalue weighted by Gasteiger charge is 1.96. The molecule has 0 heterocycles. The van der Waals surface area contributed by atoms with E-state index in [1.807, 2.05) is 60.7 Å². The molecule has 3 aromatic rings. The van der Waals surface area contributed by atoms with Crippen LogP contribution in [0.1, 0.15) is 5.56 Å². The van der Waals surface area contributed by atoms with Crippen molar-refractivity contribution in [3.05, 3.63) is 91.0 Å². The lowest BCUT2D eigenvalue weighted by molar-refractivity contribution is 0.474. The normalized spacial score (nSPS) is 9.45. The molecule has 0 aliphatic rings. The molecule has 0 unspecified atom stereocenters. The largest absolute Gasteiger partial charge is 0.508 e. The molecule has 0 bridgehead atoms.